The van der Waals surface area contributed by atoms with Crippen LogP contribution in [-0.4, -0.2) is 90.4 Å². The highest BCUT2D eigenvalue weighted by Crippen LogP contribution is 2.31. The van der Waals surface area contributed by atoms with Gasteiger partial charge in [-0.3, -0.25) is 9.69 Å². The lowest BCUT2D eigenvalue weighted by atomic mass is 9.95. The molecule has 0 spiro atoms. The molecular formula is C25H31Cl2N5O4. The third kappa shape index (κ3) is 5.26. The summed E-state index contributed by atoms with van der Waals surface area (Å²) in [5.74, 6) is 0.368. The van der Waals surface area contributed by atoms with Crippen LogP contribution in [0.15, 0.2) is 18.2 Å². The van der Waals surface area contributed by atoms with Gasteiger partial charge in [-0.15, -0.1) is 0 Å². The molecular weight excluding hydrogens is 505 g/mol. The van der Waals surface area contributed by atoms with Gasteiger partial charge >= 0.3 is 6.01 Å². The molecule has 2 aromatic rings. The second-order valence-electron chi connectivity index (χ2n) is 9.39. The Bertz CT molecular complexity index is 1110. The maximum absolute atomic E-state index is 13.6. The number of piperidine rings is 1. The number of ether oxygens (including phenoxy) is 3. The van der Waals surface area contributed by atoms with Crippen LogP contribution in [0.3, 0.4) is 0 Å². The van der Waals surface area contributed by atoms with Crippen molar-refractivity contribution in [3.63, 3.8) is 0 Å². The van der Waals surface area contributed by atoms with Crippen molar-refractivity contribution in [3.05, 3.63) is 39.5 Å². The Morgan fingerprint density at radius 1 is 1.11 bits per heavy atom. The van der Waals surface area contributed by atoms with E-state index in [1.807, 2.05) is 11.8 Å². The fraction of sp³-hybridized carbons (Fsp3) is 0.560. The number of rotatable bonds is 5. The van der Waals surface area contributed by atoms with Gasteiger partial charge in [0.25, 0.3) is 5.91 Å². The molecule has 1 aromatic carbocycles. The third-order valence-corrected chi connectivity index (χ3v) is 8.03. The van der Waals surface area contributed by atoms with E-state index in [0.717, 1.165) is 39.0 Å². The van der Waals surface area contributed by atoms with Crippen LogP contribution in [0.2, 0.25) is 10.0 Å². The highest BCUT2D eigenvalue weighted by atomic mass is 35.5. The molecule has 1 aromatic heterocycles. The summed E-state index contributed by atoms with van der Waals surface area (Å²) >= 11 is 12.2. The van der Waals surface area contributed by atoms with Gasteiger partial charge in [0.2, 0.25) is 0 Å². The van der Waals surface area contributed by atoms with Crippen molar-refractivity contribution in [2.75, 3.05) is 51.9 Å². The van der Waals surface area contributed by atoms with Crippen LogP contribution >= 0.6 is 23.2 Å². The summed E-state index contributed by atoms with van der Waals surface area (Å²) in [4.78, 5) is 26.9. The van der Waals surface area contributed by atoms with E-state index in [4.69, 9.17) is 37.4 Å². The first-order valence-corrected chi connectivity index (χ1v) is 13.1. The predicted molar refractivity (Wildman–Crippen MR) is 138 cm³/mol. The summed E-state index contributed by atoms with van der Waals surface area (Å²) in [7, 11) is 1.49. The Morgan fingerprint density at radius 3 is 2.67 bits per heavy atom. The number of morpholine rings is 1. The smallest absolute Gasteiger partial charge is 0.318 e. The number of benzene rings is 1. The molecule has 3 aliphatic heterocycles. The second-order valence-corrected chi connectivity index (χ2v) is 10.2. The van der Waals surface area contributed by atoms with Gasteiger partial charge < -0.3 is 24.4 Å². The maximum Gasteiger partial charge on any atom is 0.318 e. The van der Waals surface area contributed by atoms with Crippen LogP contribution < -0.4 is 10.1 Å². The molecule has 5 rings (SSSR count). The number of hydrogen-bond donors (Lipinski definition) is 1. The summed E-state index contributed by atoms with van der Waals surface area (Å²) in [5, 5.41) is 4.10. The fourth-order valence-electron chi connectivity index (χ4n) is 5.35. The van der Waals surface area contributed by atoms with Crippen LogP contribution in [0.5, 0.6) is 6.01 Å². The molecule has 36 heavy (non-hydrogen) atoms. The van der Waals surface area contributed by atoms with Gasteiger partial charge in [0.15, 0.2) is 0 Å². The second kappa shape index (κ2) is 11.1. The molecule has 0 radical (unpaired) electrons. The van der Waals surface area contributed by atoms with Gasteiger partial charge in [-0.25, -0.2) is 0 Å². The number of hydrogen-bond acceptors (Lipinski definition) is 8. The normalized spacial score (nSPS) is 23.3. The Balaban J connectivity index is 1.29. The minimum absolute atomic E-state index is 0.116. The van der Waals surface area contributed by atoms with E-state index in [0.29, 0.717) is 64.6 Å². The van der Waals surface area contributed by atoms with Crippen LogP contribution in [0.1, 0.15) is 35.3 Å². The summed E-state index contributed by atoms with van der Waals surface area (Å²) in [6.07, 6.45) is 3.00. The average Bonchev–Trinajstić information content (AvgIpc) is 2.91. The quantitative estimate of drug-likeness (QED) is 0.615. The SMILES string of the molecule is COc1nc(Nc2ccc(Cl)c(Cl)c2)c(C)c(C(=O)N2CCC(N3CCO[C@@H]4COCC[C@@H]43)CC2)n1. The molecule has 0 unspecified atom stereocenters. The van der Waals surface area contributed by atoms with Crippen molar-refractivity contribution < 1.29 is 19.0 Å². The highest BCUT2D eigenvalue weighted by molar-refractivity contribution is 6.42. The number of nitrogens with one attached hydrogen (secondary N) is 1. The molecule has 1 amide bonds. The zero-order chi connectivity index (χ0) is 25.2. The van der Waals surface area contributed by atoms with Crippen molar-refractivity contribution in [1.82, 2.24) is 19.8 Å². The number of anilines is 2. The Kier molecular flexibility index (Phi) is 7.83. The molecule has 3 saturated heterocycles. The average molecular weight is 536 g/mol. The first-order valence-electron chi connectivity index (χ1n) is 12.3. The van der Waals surface area contributed by atoms with Crippen LogP contribution in [-0.2, 0) is 9.47 Å². The molecule has 11 heteroatoms. The van der Waals surface area contributed by atoms with E-state index in [-0.39, 0.29) is 18.0 Å². The number of carbonyl (C=O) groups is 1. The van der Waals surface area contributed by atoms with E-state index in [9.17, 15) is 4.79 Å². The van der Waals surface area contributed by atoms with Crippen molar-refractivity contribution in [2.24, 2.45) is 0 Å². The summed E-state index contributed by atoms with van der Waals surface area (Å²) in [6, 6.07) is 6.18. The molecule has 1 N–H and O–H groups in total. The number of methoxy groups -OCH3 is 1. The van der Waals surface area contributed by atoms with Crippen molar-refractivity contribution in [1.29, 1.82) is 0 Å². The van der Waals surface area contributed by atoms with E-state index < -0.39 is 0 Å². The van der Waals surface area contributed by atoms with Crippen LogP contribution in [0.25, 0.3) is 0 Å². The summed E-state index contributed by atoms with van der Waals surface area (Å²) in [5.41, 5.74) is 1.68. The van der Waals surface area contributed by atoms with Crippen LogP contribution in [0, 0.1) is 6.92 Å². The summed E-state index contributed by atoms with van der Waals surface area (Å²) < 4.78 is 16.9. The number of fused-ring (bicyclic) bond motifs is 1. The number of nitrogens with zero attached hydrogens (tertiary/aromatic N) is 4. The molecule has 194 valence electrons. The minimum atomic E-state index is -0.116. The van der Waals surface area contributed by atoms with E-state index in [2.05, 4.69) is 20.2 Å². The lowest BCUT2D eigenvalue weighted by Crippen LogP contribution is -2.60. The third-order valence-electron chi connectivity index (χ3n) is 7.29. The lowest BCUT2D eigenvalue weighted by Gasteiger charge is -2.49. The van der Waals surface area contributed by atoms with Gasteiger partial charge in [0.05, 0.1) is 36.5 Å². The molecule has 2 atom stereocenters. The number of amides is 1. The topological polar surface area (TPSA) is 89.1 Å². The number of aromatic nitrogens is 2. The van der Waals surface area contributed by atoms with Crippen molar-refractivity contribution in [3.8, 4) is 6.01 Å². The number of halogens is 2. The molecule has 0 bridgehead atoms. The predicted octanol–water partition coefficient (Wildman–Crippen LogP) is 3.94. The molecule has 4 heterocycles. The van der Waals surface area contributed by atoms with Crippen molar-refractivity contribution in [2.45, 2.75) is 44.4 Å². The van der Waals surface area contributed by atoms with Gasteiger partial charge in [-0.2, -0.15) is 9.97 Å². The Hall–Kier alpha value is -2.17. The molecule has 3 aliphatic rings. The molecule has 0 saturated carbocycles. The van der Waals surface area contributed by atoms with Crippen LogP contribution in [0.4, 0.5) is 11.5 Å². The van der Waals surface area contributed by atoms with E-state index >= 15 is 0 Å². The fourth-order valence-corrected chi connectivity index (χ4v) is 5.64. The molecule has 9 nitrogen and oxygen atoms in total. The number of likely N-dealkylation sites (tertiary alicyclic amines) is 1. The van der Waals surface area contributed by atoms with Crippen molar-refractivity contribution >= 4 is 40.6 Å². The van der Waals surface area contributed by atoms with Gasteiger partial charge in [-0.05, 0) is 44.4 Å². The highest BCUT2D eigenvalue weighted by Gasteiger charge is 2.39. The minimum Gasteiger partial charge on any atom is -0.467 e. The number of carbonyl (C=O) groups excluding carboxylic acids is 1. The first-order chi connectivity index (χ1) is 17.4. The zero-order valence-corrected chi connectivity index (χ0v) is 22.0. The standard InChI is InChI=1S/C25H31Cl2N5O4/c1-15-22(29-25(34-2)30-23(15)28-16-3-4-18(26)19(27)13-16)24(33)31-8-5-17(6-9-31)32-10-12-36-21-14-35-11-7-20(21)32/h3-4,13,17,20-21H,5-12,14H2,1-2H3,(H,28,29,30)/t20-,21+/m0/s1. The molecule has 0 aliphatic carbocycles. The maximum atomic E-state index is 13.6. The van der Waals surface area contributed by atoms with Gasteiger partial charge in [0, 0.05) is 49.6 Å². The van der Waals surface area contributed by atoms with Gasteiger partial charge in [-0.1, -0.05) is 23.2 Å². The first kappa shape index (κ1) is 25.5. The van der Waals surface area contributed by atoms with E-state index in [1.165, 1.54) is 7.11 Å². The summed E-state index contributed by atoms with van der Waals surface area (Å²) in [6.45, 7) is 6.31. The largest absolute Gasteiger partial charge is 0.467 e. The van der Waals surface area contributed by atoms with E-state index in [1.54, 1.807) is 18.2 Å². The lowest BCUT2D eigenvalue weighted by molar-refractivity contribution is -0.148. The monoisotopic (exact) mass is 535 g/mol. The Labute approximate surface area is 221 Å². The Morgan fingerprint density at radius 2 is 1.92 bits per heavy atom. The zero-order valence-electron chi connectivity index (χ0n) is 20.5. The van der Waals surface area contributed by atoms with Gasteiger partial charge in [0.1, 0.15) is 11.5 Å². The molecule has 3 fully saturated rings.